The summed E-state index contributed by atoms with van der Waals surface area (Å²) < 4.78 is 0. The lowest BCUT2D eigenvalue weighted by molar-refractivity contribution is 0.0748. The average Bonchev–Trinajstić information content (AvgIpc) is 2.64. The summed E-state index contributed by atoms with van der Waals surface area (Å²) in [6.45, 7) is 4.04. The molecule has 25 heavy (non-hydrogen) atoms. The average molecular weight is 331 g/mol. The summed E-state index contributed by atoms with van der Waals surface area (Å²) >= 11 is 0. The lowest BCUT2D eigenvalue weighted by Gasteiger charge is -2.17. The zero-order valence-corrected chi connectivity index (χ0v) is 14.4. The van der Waals surface area contributed by atoms with Crippen LogP contribution in [0.2, 0.25) is 0 Å². The Balaban J connectivity index is 2.14. The van der Waals surface area contributed by atoms with E-state index in [1.165, 1.54) is 0 Å². The highest BCUT2D eigenvalue weighted by molar-refractivity contribution is 6.07. The first-order valence-electron chi connectivity index (χ1n) is 8.23. The SMILES string of the molecule is Cc1cccc(-c2c(N)cccc2C(=O)C(O)c2ccccc2)c1C. The van der Waals surface area contributed by atoms with E-state index in [1.54, 1.807) is 42.5 Å². The van der Waals surface area contributed by atoms with Crippen LogP contribution in [0, 0.1) is 13.8 Å². The maximum Gasteiger partial charge on any atom is 0.196 e. The second-order valence-electron chi connectivity index (χ2n) is 6.19. The van der Waals surface area contributed by atoms with Crippen molar-refractivity contribution in [1.82, 2.24) is 0 Å². The van der Waals surface area contributed by atoms with Crippen molar-refractivity contribution in [3.63, 3.8) is 0 Å². The predicted molar refractivity (Wildman–Crippen MR) is 101 cm³/mol. The molecule has 1 unspecified atom stereocenters. The number of hydrogen-bond donors (Lipinski definition) is 2. The number of benzene rings is 3. The Morgan fingerprint density at radius 2 is 1.60 bits per heavy atom. The standard InChI is InChI=1S/C22H21NO2/c1-14-8-6-11-17(15(14)2)20-18(12-7-13-19(20)23)22(25)21(24)16-9-4-3-5-10-16/h3-13,21,24H,23H2,1-2H3. The van der Waals surface area contributed by atoms with E-state index in [4.69, 9.17) is 5.73 Å². The van der Waals surface area contributed by atoms with Gasteiger partial charge in [-0.2, -0.15) is 0 Å². The normalized spacial score (nSPS) is 12.0. The third-order valence-electron chi connectivity index (χ3n) is 4.60. The highest BCUT2D eigenvalue weighted by Gasteiger charge is 2.24. The van der Waals surface area contributed by atoms with Gasteiger partial charge < -0.3 is 10.8 Å². The van der Waals surface area contributed by atoms with Crippen LogP contribution in [0.15, 0.2) is 66.7 Å². The number of ketones is 1. The number of aliphatic hydroxyl groups is 1. The Hall–Kier alpha value is -2.91. The molecule has 3 aromatic carbocycles. The maximum atomic E-state index is 13.0. The minimum absolute atomic E-state index is 0.352. The summed E-state index contributed by atoms with van der Waals surface area (Å²) in [5.41, 5.74) is 11.6. The molecule has 0 heterocycles. The van der Waals surface area contributed by atoms with Crippen LogP contribution < -0.4 is 5.73 Å². The van der Waals surface area contributed by atoms with E-state index in [2.05, 4.69) is 0 Å². The molecule has 0 amide bonds. The van der Waals surface area contributed by atoms with Crippen LogP contribution in [0.4, 0.5) is 5.69 Å². The first kappa shape index (κ1) is 16.9. The molecule has 0 aliphatic rings. The Labute approximate surface area is 147 Å². The number of aliphatic hydroxyl groups excluding tert-OH is 1. The van der Waals surface area contributed by atoms with Gasteiger partial charge in [0.15, 0.2) is 5.78 Å². The summed E-state index contributed by atoms with van der Waals surface area (Å²) in [7, 11) is 0. The van der Waals surface area contributed by atoms with Crippen LogP contribution in [0.5, 0.6) is 0 Å². The Morgan fingerprint density at radius 1 is 0.920 bits per heavy atom. The van der Waals surface area contributed by atoms with Crippen molar-refractivity contribution in [2.75, 3.05) is 5.73 Å². The number of rotatable bonds is 4. The van der Waals surface area contributed by atoms with Crippen molar-refractivity contribution in [3.8, 4) is 11.1 Å². The molecule has 0 fully saturated rings. The van der Waals surface area contributed by atoms with Crippen LogP contribution in [-0.4, -0.2) is 10.9 Å². The van der Waals surface area contributed by atoms with Crippen molar-refractivity contribution in [2.24, 2.45) is 0 Å². The van der Waals surface area contributed by atoms with Gasteiger partial charge in [-0.1, -0.05) is 60.7 Å². The van der Waals surface area contributed by atoms with E-state index in [1.807, 2.05) is 38.1 Å². The molecular formula is C22H21NO2. The van der Waals surface area contributed by atoms with E-state index in [9.17, 15) is 9.90 Å². The highest BCUT2D eigenvalue weighted by Crippen LogP contribution is 2.35. The van der Waals surface area contributed by atoms with E-state index in [0.717, 1.165) is 16.7 Å². The molecule has 1 atom stereocenters. The molecule has 3 rings (SSSR count). The maximum absolute atomic E-state index is 13.0. The van der Waals surface area contributed by atoms with Crippen molar-refractivity contribution < 1.29 is 9.90 Å². The second-order valence-corrected chi connectivity index (χ2v) is 6.19. The fraction of sp³-hybridized carbons (Fsp3) is 0.136. The fourth-order valence-corrected chi connectivity index (χ4v) is 3.03. The molecule has 0 saturated carbocycles. The number of carbonyl (C=O) groups excluding carboxylic acids is 1. The summed E-state index contributed by atoms with van der Waals surface area (Å²) in [6, 6.07) is 20.1. The number of carbonyl (C=O) groups is 1. The number of anilines is 1. The Kier molecular flexibility index (Phi) is 4.68. The molecule has 126 valence electrons. The van der Waals surface area contributed by atoms with Gasteiger partial charge in [0, 0.05) is 16.8 Å². The third kappa shape index (κ3) is 3.19. The van der Waals surface area contributed by atoms with Gasteiger partial charge in [-0.25, -0.2) is 0 Å². The molecule has 0 aliphatic heterocycles. The van der Waals surface area contributed by atoms with E-state index in [-0.39, 0.29) is 5.78 Å². The highest BCUT2D eigenvalue weighted by atomic mass is 16.3. The first-order valence-corrected chi connectivity index (χ1v) is 8.23. The van der Waals surface area contributed by atoms with Gasteiger partial charge in [0.1, 0.15) is 6.10 Å². The molecule has 0 aliphatic carbocycles. The van der Waals surface area contributed by atoms with Crippen LogP contribution in [0.25, 0.3) is 11.1 Å². The van der Waals surface area contributed by atoms with Gasteiger partial charge in [-0.05, 0) is 42.2 Å². The van der Waals surface area contributed by atoms with E-state index < -0.39 is 6.10 Å². The zero-order valence-electron chi connectivity index (χ0n) is 14.4. The molecule has 0 aromatic heterocycles. The molecule has 3 N–H and O–H groups in total. The van der Waals surface area contributed by atoms with Crippen LogP contribution >= 0.6 is 0 Å². The number of Topliss-reactive ketones (excluding diaryl/α,β-unsaturated/α-hetero) is 1. The third-order valence-corrected chi connectivity index (χ3v) is 4.60. The van der Waals surface area contributed by atoms with Gasteiger partial charge in [0.2, 0.25) is 0 Å². The largest absolute Gasteiger partial charge is 0.398 e. The zero-order chi connectivity index (χ0) is 18.0. The Morgan fingerprint density at radius 3 is 2.32 bits per heavy atom. The van der Waals surface area contributed by atoms with Gasteiger partial charge in [0.25, 0.3) is 0 Å². The molecule has 3 nitrogen and oxygen atoms in total. The van der Waals surface area contributed by atoms with Crippen molar-refractivity contribution in [1.29, 1.82) is 0 Å². The lowest BCUT2D eigenvalue weighted by Crippen LogP contribution is -2.14. The number of nitrogens with two attached hydrogens (primary N) is 1. The summed E-state index contributed by atoms with van der Waals surface area (Å²) in [5.74, 6) is -0.352. The molecular weight excluding hydrogens is 310 g/mol. The van der Waals surface area contributed by atoms with Crippen molar-refractivity contribution in [2.45, 2.75) is 20.0 Å². The molecule has 0 bridgehead atoms. The summed E-state index contributed by atoms with van der Waals surface area (Å²) in [4.78, 5) is 13.0. The second kappa shape index (κ2) is 6.91. The van der Waals surface area contributed by atoms with Crippen LogP contribution in [0.1, 0.15) is 33.2 Å². The molecule has 3 heteroatoms. The topological polar surface area (TPSA) is 63.3 Å². The van der Waals surface area contributed by atoms with E-state index in [0.29, 0.717) is 22.4 Å². The quantitative estimate of drug-likeness (QED) is 0.548. The Bertz CT molecular complexity index is 917. The molecule has 0 spiro atoms. The van der Waals surface area contributed by atoms with Crippen LogP contribution in [0.3, 0.4) is 0 Å². The van der Waals surface area contributed by atoms with Crippen LogP contribution in [-0.2, 0) is 0 Å². The summed E-state index contributed by atoms with van der Waals surface area (Å²) in [6.07, 6.45) is -1.22. The lowest BCUT2D eigenvalue weighted by atomic mass is 9.88. The smallest absolute Gasteiger partial charge is 0.196 e. The van der Waals surface area contributed by atoms with Gasteiger partial charge in [0.05, 0.1) is 0 Å². The minimum Gasteiger partial charge on any atom is -0.398 e. The van der Waals surface area contributed by atoms with Crippen molar-refractivity contribution >= 4 is 11.5 Å². The van der Waals surface area contributed by atoms with Gasteiger partial charge in [-0.3, -0.25) is 4.79 Å². The van der Waals surface area contributed by atoms with Gasteiger partial charge >= 0.3 is 0 Å². The van der Waals surface area contributed by atoms with Gasteiger partial charge in [-0.15, -0.1) is 0 Å². The minimum atomic E-state index is -1.22. The fourth-order valence-electron chi connectivity index (χ4n) is 3.03. The number of aryl methyl sites for hydroxylation is 1. The number of hydrogen-bond acceptors (Lipinski definition) is 3. The predicted octanol–water partition coefficient (Wildman–Crippen LogP) is 4.47. The summed E-state index contributed by atoms with van der Waals surface area (Å²) in [5, 5.41) is 10.5. The molecule has 0 saturated heterocycles. The monoisotopic (exact) mass is 331 g/mol. The van der Waals surface area contributed by atoms with E-state index >= 15 is 0 Å². The number of nitrogen functional groups attached to an aromatic ring is 1. The van der Waals surface area contributed by atoms with Crippen molar-refractivity contribution in [3.05, 3.63) is 89.0 Å². The first-order chi connectivity index (χ1) is 12.0. The molecule has 0 radical (unpaired) electrons. The molecule has 3 aromatic rings.